The number of ether oxygens (including phenoxy) is 1. The molecule has 0 aliphatic carbocycles. The van der Waals surface area contributed by atoms with E-state index in [0.29, 0.717) is 40.9 Å². The van der Waals surface area contributed by atoms with Gasteiger partial charge in [-0.2, -0.15) is 0 Å². The smallest absolute Gasteiger partial charge is 0.265 e. The van der Waals surface area contributed by atoms with E-state index in [1.54, 1.807) is 30.3 Å². The zero-order chi connectivity index (χ0) is 20.6. The van der Waals surface area contributed by atoms with Crippen molar-refractivity contribution in [3.05, 3.63) is 86.6 Å². The molecule has 0 saturated carbocycles. The molecule has 0 spiro atoms. The van der Waals surface area contributed by atoms with E-state index in [-0.39, 0.29) is 11.8 Å². The van der Waals surface area contributed by atoms with Gasteiger partial charge in [-0.15, -0.1) is 11.3 Å². The van der Waals surface area contributed by atoms with Crippen LogP contribution in [0.5, 0.6) is 0 Å². The summed E-state index contributed by atoms with van der Waals surface area (Å²) in [5.74, 6) is -0.510. The monoisotopic (exact) mass is 428 g/mol. The Labute approximate surface area is 178 Å². The van der Waals surface area contributed by atoms with Crippen LogP contribution in [0.15, 0.2) is 60.0 Å². The van der Waals surface area contributed by atoms with Gasteiger partial charge >= 0.3 is 0 Å². The van der Waals surface area contributed by atoms with Gasteiger partial charge in [0.15, 0.2) is 0 Å². The van der Waals surface area contributed by atoms with Crippen LogP contribution in [-0.2, 0) is 17.9 Å². The summed E-state index contributed by atoms with van der Waals surface area (Å²) in [4.78, 5) is 25.5. The second kappa shape index (κ2) is 10.2. The largest absolute Gasteiger partial charge is 0.377 e. The lowest BCUT2D eigenvalue weighted by atomic mass is 10.1. The van der Waals surface area contributed by atoms with Gasteiger partial charge in [-0.1, -0.05) is 41.9 Å². The molecule has 3 rings (SSSR count). The van der Waals surface area contributed by atoms with E-state index in [0.717, 1.165) is 11.1 Å². The summed E-state index contributed by atoms with van der Waals surface area (Å²) < 4.78 is 5.48. The summed E-state index contributed by atoms with van der Waals surface area (Å²) in [6.45, 7) is 3.45. The molecule has 0 saturated heterocycles. The van der Waals surface area contributed by atoms with Crippen molar-refractivity contribution in [1.82, 2.24) is 5.32 Å². The average Bonchev–Trinajstić information content (AvgIpc) is 3.27. The van der Waals surface area contributed by atoms with E-state index in [4.69, 9.17) is 16.3 Å². The summed E-state index contributed by atoms with van der Waals surface area (Å²) in [5, 5.41) is 7.86. The molecule has 1 aromatic heterocycles. The third-order valence-corrected chi connectivity index (χ3v) is 5.44. The fourth-order valence-electron chi connectivity index (χ4n) is 2.71. The standard InChI is InChI=1S/C22H21ClN2O3S/c1-2-28-14-17-7-4-3-6-16(17)13-24-21(26)15-9-10-18(23)19(12-15)25-22(27)20-8-5-11-29-20/h3-12H,2,13-14H2,1H3,(H,24,26)(H,25,27). The van der Waals surface area contributed by atoms with Crippen LogP contribution < -0.4 is 10.6 Å². The molecule has 0 fully saturated rings. The Balaban J connectivity index is 1.68. The minimum Gasteiger partial charge on any atom is -0.377 e. The molecule has 0 aliphatic heterocycles. The number of hydrogen-bond acceptors (Lipinski definition) is 4. The number of hydrogen-bond donors (Lipinski definition) is 2. The van der Waals surface area contributed by atoms with E-state index >= 15 is 0 Å². The van der Waals surface area contributed by atoms with Gasteiger partial charge in [0.05, 0.1) is 22.2 Å². The van der Waals surface area contributed by atoms with Gasteiger partial charge < -0.3 is 15.4 Å². The second-order valence-electron chi connectivity index (χ2n) is 6.21. The highest BCUT2D eigenvalue weighted by molar-refractivity contribution is 7.12. The first-order chi connectivity index (χ1) is 14.1. The molecule has 0 unspecified atom stereocenters. The van der Waals surface area contributed by atoms with Crippen molar-refractivity contribution in [2.75, 3.05) is 11.9 Å². The molecule has 29 heavy (non-hydrogen) atoms. The van der Waals surface area contributed by atoms with Gasteiger partial charge in [0.2, 0.25) is 0 Å². The Hall–Kier alpha value is -2.67. The molecule has 2 amide bonds. The minimum atomic E-state index is -0.260. The van der Waals surface area contributed by atoms with Crippen LogP contribution in [0.25, 0.3) is 0 Å². The molecule has 5 nitrogen and oxygen atoms in total. The van der Waals surface area contributed by atoms with Gasteiger partial charge in [0.25, 0.3) is 11.8 Å². The van der Waals surface area contributed by atoms with E-state index < -0.39 is 0 Å². The maximum Gasteiger partial charge on any atom is 0.265 e. The molecule has 7 heteroatoms. The molecule has 0 radical (unpaired) electrons. The summed E-state index contributed by atoms with van der Waals surface area (Å²) in [7, 11) is 0. The molecule has 0 aliphatic rings. The van der Waals surface area contributed by atoms with E-state index in [1.165, 1.54) is 11.3 Å². The Bertz CT molecular complexity index is 989. The first-order valence-electron chi connectivity index (χ1n) is 9.15. The Morgan fingerprint density at radius 3 is 2.55 bits per heavy atom. The average molecular weight is 429 g/mol. The zero-order valence-electron chi connectivity index (χ0n) is 15.9. The first kappa shape index (κ1) is 21.0. The van der Waals surface area contributed by atoms with Crippen LogP contribution in [0, 0.1) is 0 Å². The Morgan fingerprint density at radius 2 is 1.83 bits per heavy atom. The number of thiophene rings is 1. The van der Waals surface area contributed by atoms with Crippen LogP contribution in [-0.4, -0.2) is 18.4 Å². The van der Waals surface area contributed by atoms with Gasteiger partial charge in [0.1, 0.15) is 0 Å². The fraction of sp³-hybridized carbons (Fsp3) is 0.182. The number of carbonyl (C=O) groups is 2. The summed E-state index contributed by atoms with van der Waals surface area (Å²) in [6.07, 6.45) is 0. The van der Waals surface area contributed by atoms with E-state index in [9.17, 15) is 9.59 Å². The third-order valence-electron chi connectivity index (χ3n) is 4.24. The predicted molar refractivity (Wildman–Crippen MR) is 117 cm³/mol. The quantitative estimate of drug-likeness (QED) is 0.523. The number of anilines is 1. The Kier molecular flexibility index (Phi) is 7.41. The minimum absolute atomic E-state index is 0.250. The SMILES string of the molecule is CCOCc1ccccc1CNC(=O)c1ccc(Cl)c(NC(=O)c2cccs2)c1. The number of carbonyl (C=O) groups excluding carboxylic acids is 2. The molecule has 0 atom stereocenters. The lowest BCUT2D eigenvalue weighted by Gasteiger charge is -2.12. The van der Waals surface area contributed by atoms with Crippen molar-refractivity contribution in [1.29, 1.82) is 0 Å². The Morgan fingerprint density at radius 1 is 1.03 bits per heavy atom. The highest BCUT2D eigenvalue weighted by atomic mass is 35.5. The molecule has 2 N–H and O–H groups in total. The van der Waals surface area contributed by atoms with Crippen molar-refractivity contribution < 1.29 is 14.3 Å². The van der Waals surface area contributed by atoms with Gasteiger partial charge in [-0.25, -0.2) is 0 Å². The van der Waals surface area contributed by atoms with Crippen LogP contribution in [0.3, 0.4) is 0 Å². The number of amides is 2. The first-order valence-corrected chi connectivity index (χ1v) is 10.4. The molecule has 150 valence electrons. The summed E-state index contributed by atoms with van der Waals surface area (Å²) in [5.41, 5.74) is 2.84. The van der Waals surface area contributed by atoms with Crippen molar-refractivity contribution in [2.45, 2.75) is 20.1 Å². The summed E-state index contributed by atoms with van der Waals surface area (Å²) >= 11 is 7.53. The topological polar surface area (TPSA) is 67.4 Å². The van der Waals surface area contributed by atoms with E-state index in [2.05, 4.69) is 10.6 Å². The number of nitrogens with one attached hydrogen (secondary N) is 2. The highest BCUT2D eigenvalue weighted by Crippen LogP contribution is 2.24. The lowest BCUT2D eigenvalue weighted by Crippen LogP contribution is -2.23. The van der Waals surface area contributed by atoms with E-state index in [1.807, 2.05) is 36.6 Å². The van der Waals surface area contributed by atoms with Crippen molar-refractivity contribution >= 4 is 40.4 Å². The van der Waals surface area contributed by atoms with Gasteiger partial charge in [-0.05, 0) is 47.7 Å². The zero-order valence-corrected chi connectivity index (χ0v) is 17.5. The van der Waals surface area contributed by atoms with Gasteiger partial charge in [-0.3, -0.25) is 9.59 Å². The molecular formula is C22H21ClN2O3S. The molecule has 3 aromatic rings. The second-order valence-corrected chi connectivity index (χ2v) is 7.57. The number of benzene rings is 2. The van der Waals surface area contributed by atoms with Crippen molar-refractivity contribution in [3.63, 3.8) is 0 Å². The normalized spacial score (nSPS) is 10.6. The number of halogens is 1. The van der Waals surface area contributed by atoms with Crippen molar-refractivity contribution in [3.8, 4) is 0 Å². The maximum absolute atomic E-state index is 12.6. The predicted octanol–water partition coefficient (Wildman–Crippen LogP) is 5.12. The third kappa shape index (κ3) is 5.67. The fourth-order valence-corrected chi connectivity index (χ4v) is 3.50. The molecule has 2 aromatic carbocycles. The van der Waals surface area contributed by atoms with Crippen LogP contribution in [0.2, 0.25) is 5.02 Å². The molecule has 1 heterocycles. The van der Waals surface area contributed by atoms with Crippen LogP contribution in [0.4, 0.5) is 5.69 Å². The maximum atomic E-state index is 12.6. The molecular weight excluding hydrogens is 408 g/mol. The molecule has 0 bridgehead atoms. The van der Waals surface area contributed by atoms with Crippen LogP contribution >= 0.6 is 22.9 Å². The van der Waals surface area contributed by atoms with Crippen molar-refractivity contribution in [2.24, 2.45) is 0 Å². The van der Waals surface area contributed by atoms with Crippen LogP contribution in [0.1, 0.15) is 38.1 Å². The summed E-state index contributed by atoms with van der Waals surface area (Å²) in [6, 6.07) is 16.2. The number of rotatable bonds is 8. The highest BCUT2D eigenvalue weighted by Gasteiger charge is 2.13. The lowest BCUT2D eigenvalue weighted by molar-refractivity contribution is 0.0948. The van der Waals surface area contributed by atoms with Gasteiger partial charge in [0, 0.05) is 18.7 Å².